The summed E-state index contributed by atoms with van der Waals surface area (Å²) in [6.45, 7) is 0. The monoisotopic (exact) mass is 361 g/mol. The highest BCUT2D eigenvalue weighted by Gasteiger charge is 2.34. The van der Waals surface area contributed by atoms with Gasteiger partial charge < -0.3 is 10.0 Å². The highest BCUT2D eigenvalue weighted by atomic mass is 79.9. The maximum absolute atomic E-state index is 12.0. The Morgan fingerprint density at radius 1 is 1.42 bits per heavy atom. The minimum absolute atomic E-state index is 0.120. The highest BCUT2D eigenvalue weighted by Crippen LogP contribution is 2.25. The van der Waals surface area contributed by atoms with Crippen LogP contribution in [0.4, 0.5) is 0 Å². The molecule has 1 aromatic rings. The molecule has 0 aromatic heterocycles. The van der Waals surface area contributed by atoms with Crippen LogP contribution in [-0.2, 0) is 9.59 Å². The zero-order valence-electron chi connectivity index (χ0n) is 9.91. The fourth-order valence-corrected chi connectivity index (χ4v) is 3.87. The largest absolute Gasteiger partial charge is 0.480 e. The minimum Gasteiger partial charge on any atom is -0.480 e. The third-order valence-corrected chi connectivity index (χ3v) is 5.20. The van der Waals surface area contributed by atoms with Crippen LogP contribution in [0.1, 0.15) is 0 Å². The molecule has 1 aliphatic rings. The molecule has 0 bridgehead atoms. The first-order chi connectivity index (χ1) is 9.08. The van der Waals surface area contributed by atoms with Gasteiger partial charge in [0.25, 0.3) is 0 Å². The van der Waals surface area contributed by atoms with Crippen molar-refractivity contribution < 1.29 is 14.7 Å². The minimum atomic E-state index is -0.924. The molecule has 0 radical (unpaired) electrons. The first-order valence-electron chi connectivity index (χ1n) is 5.56. The summed E-state index contributed by atoms with van der Waals surface area (Å²) in [6, 6.07) is 7.00. The van der Waals surface area contributed by atoms with Gasteiger partial charge in [-0.2, -0.15) is 0 Å². The van der Waals surface area contributed by atoms with E-state index in [1.54, 1.807) is 0 Å². The molecular formula is C12H12BrNO3S2. The van der Waals surface area contributed by atoms with Crippen LogP contribution in [0, 0.1) is 0 Å². The Kier molecular flexibility index (Phi) is 5.18. The van der Waals surface area contributed by atoms with Crippen molar-refractivity contribution >= 4 is 51.3 Å². The number of hydrogen-bond donors (Lipinski definition) is 1. The number of thioether (sulfide) groups is 2. The molecule has 2 rings (SSSR count). The predicted octanol–water partition coefficient (Wildman–Crippen LogP) is 2.53. The van der Waals surface area contributed by atoms with Gasteiger partial charge in [-0.05, 0) is 24.3 Å². The summed E-state index contributed by atoms with van der Waals surface area (Å²) in [4.78, 5) is 25.5. The topological polar surface area (TPSA) is 57.6 Å². The molecule has 1 aliphatic heterocycles. The van der Waals surface area contributed by atoms with Gasteiger partial charge in [0.05, 0.1) is 11.6 Å². The second-order valence-corrected chi connectivity index (χ2v) is 6.92. The molecular weight excluding hydrogens is 350 g/mol. The Labute approximate surface area is 128 Å². The number of hydrogen-bond acceptors (Lipinski definition) is 4. The number of halogens is 1. The first kappa shape index (κ1) is 14.7. The van der Waals surface area contributed by atoms with Crippen molar-refractivity contribution in [1.29, 1.82) is 0 Å². The van der Waals surface area contributed by atoms with Crippen molar-refractivity contribution in [1.82, 2.24) is 4.90 Å². The second kappa shape index (κ2) is 6.67. The van der Waals surface area contributed by atoms with Gasteiger partial charge in [0, 0.05) is 15.1 Å². The maximum Gasteiger partial charge on any atom is 0.327 e. The maximum atomic E-state index is 12.0. The fourth-order valence-electron chi connectivity index (χ4n) is 1.65. The number of nitrogens with zero attached hydrogens (tertiary/aromatic N) is 1. The molecule has 4 nitrogen and oxygen atoms in total. The van der Waals surface area contributed by atoms with Gasteiger partial charge in [-0.1, -0.05) is 15.9 Å². The quantitative estimate of drug-likeness (QED) is 0.835. The number of carboxylic acid groups (broad SMARTS) is 1. The van der Waals surface area contributed by atoms with E-state index >= 15 is 0 Å². The van der Waals surface area contributed by atoms with Crippen molar-refractivity contribution in [2.24, 2.45) is 0 Å². The lowest BCUT2D eigenvalue weighted by Gasteiger charge is -2.20. The van der Waals surface area contributed by atoms with Crippen molar-refractivity contribution in [3.05, 3.63) is 28.7 Å². The molecule has 102 valence electrons. The lowest BCUT2D eigenvalue weighted by Crippen LogP contribution is -2.42. The van der Waals surface area contributed by atoms with Gasteiger partial charge in [-0.3, -0.25) is 4.79 Å². The summed E-state index contributed by atoms with van der Waals surface area (Å²) in [5.41, 5.74) is 0. The van der Waals surface area contributed by atoms with Crippen LogP contribution in [-0.4, -0.2) is 45.3 Å². The van der Waals surface area contributed by atoms with Crippen LogP contribution in [0.2, 0.25) is 0 Å². The molecule has 1 unspecified atom stereocenters. The summed E-state index contributed by atoms with van der Waals surface area (Å²) >= 11 is 6.25. The lowest BCUT2D eigenvalue weighted by molar-refractivity contribution is -0.146. The Balaban J connectivity index is 1.90. The van der Waals surface area contributed by atoms with E-state index in [2.05, 4.69) is 15.9 Å². The van der Waals surface area contributed by atoms with E-state index in [-0.39, 0.29) is 11.7 Å². The molecule has 7 heteroatoms. The molecule has 1 atom stereocenters. The molecule has 1 aromatic carbocycles. The van der Waals surface area contributed by atoms with Gasteiger partial charge in [0.2, 0.25) is 5.91 Å². The molecule has 0 aliphatic carbocycles. The SMILES string of the molecule is O=C(O)C1CSCN1C(=O)CSc1ccc(Br)cc1. The Hall–Kier alpha value is -0.660. The van der Waals surface area contributed by atoms with Gasteiger partial charge >= 0.3 is 5.97 Å². The second-order valence-electron chi connectivity index (χ2n) is 3.96. The third kappa shape index (κ3) is 3.90. The molecule has 1 fully saturated rings. The number of rotatable bonds is 4. The van der Waals surface area contributed by atoms with E-state index in [0.717, 1.165) is 9.37 Å². The number of aliphatic carboxylic acids is 1. The van der Waals surface area contributed by atoms with Crippen LogP contribution in [0.5, 0.6) is 0 Å². The first-order valence-corrected chi connectivity index (χ1v) is 8.49. The van der Waals surface area contributed by atoms with Crippen LogP contribution < -0.4 is 0 Å². The predicted molar refractivity (Wildman–Crippen MR) is 80.5 cm³/mol. The van der Waals surface area contributed by atoms with Crippen LogP contribution in [0.15, 0.2) is 33.6 Å². The average molecular weight is 362 g/mol. The number of carbonyl (C=O) groups excluding carboxylic acids is 1. The Morgan fingerprint density at radius 3 is 2.74 bits per heavy atom. The van der Waals surface area contributed by atoms with Crippen molar-refractivity contribution in [2.75, 3.05) is 17.4 Å². The molecule has 1 saturated heterocycles. The summed E-state index contributed by atoms with van der Waals surface area (Å²) in [7, 11) is 0. The zero-order chi connectivity index (χ0) is 13.8. The average Bonchev–Trinajstić information content (AvgIpc) is 2.87. The van der Waals surface area contributed by atoms with E-state index in [1.807, 2.05) is 24.3 Å². The molecule has 1 heterocycles. The molecule has 0 spiro atoms. The van der Waals surface area contributed by atoms with Crippen molar-refractivity contribution in [3.63, 3.8) is 0 Å². The summed E-state index contributed by atoms with van der Waals surface area (Å²) in [5.74, 6) is 0.171. The van der Waals surface area contributed by atoms with Crippen LogP contribution >= 0.6 is 39.5 Å². The van der Waals surface area contributed by atoms with E-state index < -0.39 is 12.0 Å². The fraction of sp³-hybridized carbons (Fsp3) is 0.333. The number of carboxylic acids is 1. The number of benzene rings is 1. The van der Waals surface area contributed by atoms with E-state index in [4.69, 9.17) is 5.11 Å². The zero-order valence-corrected chi connectivity index (χ0v) is 13.1. The Morgan fingerprint density at radius 2 is 2.11 bits per heavy atom. The molecule has 1 amide bonds. The Bertz CT molecular complexity index is 480. The third-order valence-electron chi connectivity index (χ3n) is 2.66. The number of amides is 1. The standard InChI is InChI=1S/C12H12BrNO3S2/c13-8-1-3-9(4-2-8)19-6-11(15)14-7-18-5-10(14)12(16)17/h1-4,10H,5-7H2,(H,16,17). The normalized spacial score (nSPS) is 18.6. The molecule has 19 heavy (non-hydrogen) atoms. The van der Waals surface area contributed by atoms with Gasteiger partial charge in [0.1, 0.15) is 6.04 Å². The van der Waals surface area contributed by atoms with Gasteiger partial charge in [0.15, 0.2) is 0 Å². The summed E-state index contributed by atoms with van der Waals surface area (Å²) in [5, 5.41) is 9.03. The van der Waals surface area contributed by atoms with E-state index in [0.29, 0.717) is 11.6 Å². The highest BCUT2D eigenvalue weighted by molar-refractivity contribution is 9.10. The van der Waals surface area contributed by atoms with E-state index in [9.17, 15) is 9.59 Å². The van der Waals surface area contributed by atoms with Crippen molar-refractivity contribution in [3.8, 4) is 0 Å². The van der Waals surface area contributed by atoms with Crippen LogP contribution in [0.3, 0.4) is 0 Å². The number of carbonyl (C=O) groups is 2. The van der Waals surface area contributed by atoms with Gasteiger partial charge in [-0.15, -0.1) is 23.5 Å². The van der Waals surface area contributed by atoms with Crippen LogP contribution in [0.25, 0.3) is 0 Å². The van der Waals surface area contributed by atoms with E-state index in [1.165, 1.54) is 28.4 Å². The summed E-state index contributed by atoms with van der Waals surface area (Å²) in [6.07, 6.45) is 0. The van der Waals surface area contributed by atoms with Crippen molar-refractivity contribution in [2.45, 2.75) is 10.9 Å². The molecule has 1 N–H and O–H groups in total. The lowest BCUT2D eigenvalue weighted by atomic mass is 10.3. The summed E-state index contributed by atoms with van der Waals surface area (Å²) < 4.78 is 0.991. The van der Waals surface area contributed by atoms with Gasteiger partial charge in [-0.25, -0.2) is 4.79 Å². The smallest absolute Gasteiger partial charge is 0.327 e. The molecule has 0 saturated carbocycles.